The van der Waals surface area contributed by atoms with Crippen molar-refractivity contribution < 1.29 is 4.79 Å². The number of anilines is 1. The molecule has 0 saturated carbocycles. The summed E-state index contributed by atoms with van der Waals surface area (Å²) in [5.41, 5.74) is 0.448. The minimum Gasteiger partial charge on any atom is -0.373 e. The molecule has 4 nitrogen and oxygen atoms in total. The largest absolute Gasteiger partial charge is 0.373 e. The first-order valence-corrected chi connectivity index (χ1v) is 7.50. The number of carbonyl (C=O) groups is 1. The Balaban J connectivity index is 2.31. The van der Waals surface area contributed by atoms with E-state index in [1.54, 1.807) is 11.8 Å². The van der Waals surface area contributed by atoms with Gasteiger partial charge in [0.15, 0.2) is 0 Å². The lowest BCUT2D eigenvalue weighted by Crippen LogP contribution is -2.26. The van der Waals surface area contributed by atoms with Crippen molar-refractivity contribution in [3.63, 3.8) is 0 Å². The molecule has 0 bridgehead atoms. The Labute approximate surface area is 117 Å². The number of rotatable bonds is 5. The van der Waals surface area contributed by atoms with E-state index in [2.05, 4.69) is 15.6 Å². The van der Waals surface area contributed by atoms with Crippen LogP contribution in [0.5, 0.6) is 0 Å². The van der Waals surface area contributed by atoms with Gasteiger partial charge in [-0.05, 0) is 17.7 Å². The van der Waals surface area contributed by atoms with Gasteiger partial charge in [-0.3, -0.25) is 4.79 Å². The molecule has 1 aromatic heterocycles. The molecule has 2 rings (SSSR count). The van der Waals surface area contributed by atoms with Crippen LogP contribution in [-0.4, -0.2) is 36.5 Å². The van der Waals surface area contributed by atoms with Gasteiger partial charge in [-0.15, -0.1) is 0 Å². The maximum Gasteiger partial charge on any atom is 0.270 e. The lowest BCUT2D eigenvalue weighted by molar-refractivity contribution is 0.0951. The second-order valence-electron chi connectivity index (χ2n) is 4.08. The number of nitrogens with zero attached hydrogens (tertiary/aromatic N) is 1. The van der Waals surface area contributed by atoms with Crippen molar-refractivity contribution in [1.29, 1.82) is 0 Å². The molecule has 2 N–H and O–H groups in total. The molecule has 100 valence electrons. The van der Waals surface area contributed by atoms with E-state index in [1.807, 2.05) is 43.6 Å². The number of thioether (sulfide) groups is 1. The van der Waals surface area contributed by atoms with Gasteiger partial charge in [-0.25, -0.2) is 4.98 Å². The first-order chi connectivity index (χ1) is 9.26. The lowest BCUT2D eigenvalue weighted by Gasteiger charge is -2.09. The third kappa shape index (κ3) is 3.17. The number of pyridine rings is 1. The fourth-order valence-electron chi connectivity index (χ4n) is 1.86. The maximum atomic E-state index is 12.0. The Morgan fingerprint density at radius 1 is 1.37 bits per heavy atom. The smallest absolute Gasteiger partial charge is 0.270 e. The van der Waals surface area contributed by atoms with Gasteiger partial charge in [0, 0.05) is 24.7 Å². The van der Waals surface area contributed by atoms with Crippen molar-refractivity contribution in [2.75, 3.05) is 30.9 Å². The number of benzene rings is 1. The number of fused-ring (bicyclic) bond motifs is 1. The average Bonchev–Trinajstić information content (AvgIpc) is 2.46. The number of aromatic nitrogens is 1. The number of hydrogen-bond donors (Lipinski definition) is 2. The van der Waals surface area contributed by atoms with Gasteiger partial charge < -0.3 is 10.6 Å². The third-order valence-corrected chi connectivity index (χ3v) is 3.41. The predicted octanol–water partition coefficient (Wildman–Crippen LogP) is 2.37. The van der Waals surface area contributed by atoms with Crippen molar-refractivity contribution in [1.82, 2.24) is 10.3 Å². The number of amides is 1. The molecule has 1 heterocycles. The quantitative estimate of drug-likeness (QED) is 0.823. The van der Waals surface area contributed by atoms with Gasteiger partial charge in [0.1, 0.15) is 11.5 Å². The van der Waals surface area contributed by atoms with Gasteiger partial charge >= 0.3 is 0 Å². The van der Waals surface area contributed by atoms with E-state index in [9.17, 15) is 4.79 Å². The average molecular weight is 275 g/mol. The van der Waals surface area contributed by atoms with E-state index in [0.717, 1.165) is 22.3 Å². The Bertz CT molecular complexity index is 586. The molecule has 0 aliphatic rings. The fraction of sp³-hybridized carbons (Fsp3) is 0.286. The van der Waals surface area contributed by atoms with Gasteiger partial charge in [-0.2, -0.15) is 11.8 Å². The number of hydrogen-bond acceptors (Lipinski definition) is 4. The molecule has 1 amide bonds. The van der Waals surface area contributed by atoms with Crippen LogP contribution in [0.15, 0.2) is 30.3 Å². The van der Waals surface area contributed by atoms with Crippen LogP contribution < -0.4 is 10.6 Å². The summed E-state index contributed by atoms with van der Waals surface area (Å²) in [6.07, 6.45) is 2.01. The van der Waals surface area contributed by atoms with Crippen LogP contribution in [-0.2, 0) is 0 Å². The number of nitrogens with one attached hydrogen (secondary N) is 2. The molecule has 0 spiro atoms. The highest BCUT2D eigenvalue weighted by atomic mass is 32.2. The molecule has 0 fully saturated rings. The van der Waals surface area contributed by atoms with E-state index in [4.69, 9.17) is 0 Å². The minimum atomic E-state index is -0.128. The zero-order valence-corrected chi connectivity index (χ0v) is 11.9. The van der Waals surface area contributed by atoms with Crippen LogP contribution in [0.1, 0.15) is 10.5 Å². The Morgan fingerprint density at radius 3 is 2.89 bits per heavy atom. The standard InChI is InChI=1S/C14H17N3OS/c1-15-13-11-6-4-3-5-10(11)9-12(17-13)14(18)16-7-8-19-2/h3-6,9H,7-8H2,1-2H3,(H,15,17)(H,16,18). The van der Waals surface area contributed by atoms with Gasteiger partial charge in [0.2, 0.25) is 0 Å². The summed E-state index contributed by atoms with van der Waals surface area (Å²) in [6.45, 7) is 0.656. The summed E-state index contributed by atoms with van der Waals surface area (Å²) < 4.78 is 0. The highest BCUT2D eigenvalue weighted by Crippen LogP contribution is 2.21. The minimum absolute atomic E-state index is 0.128. The summed E-state index contributed by atoms with van der Waals surface area (Å²) in [7, 11) is 1.81. The zero-order chi connectivity index (χ0) is 13.7. The molecule has 0 saturated heterocycles. The van der Waals surface area contributed by atoms with E-state index in [1.165, 1.54) is 0 Å². The van der Waals surface area contributed by atoms with Crippen LogP contribution in [0.3, 0.4) is 0 Å². The van der Waals surface area contributed by atoms with E-state index < -0.39 is 0 Å². The van der Waals surface area contributed by atoms with E-state index in [0.29, 0.717) is 12.2 Å². The molecule has 0 atom stereocenters. The van der Waals surface area contributed by atoms with Crippen molar-refractivity contribution in [3.05, 3.63) is 36.0 Å². The third-order valence-electron chi connectivity index (χ3n) is 2.80. The Hall–Kier alpha value is -1.75. The molecular weight excluding hydrogens is 258 g/mol. The van der Waals surface area contributed by atoms with Crippen LogP contribution in [0, 0.1) is 0 Å². The maximum absolute atomic E-state index is 12.0. The molecule has 0 aliphatic carbocycles. The second kappa shape index (κ2) is 6.43. The number of carbonyl (C=O) groups excluding carboxylic acids is 1. The Kier molecular flexibility index (Phi) is 4.63. The predicted molar refractivity (Wildman–Crippen MR) is 82.0 cm³/mol. The summed E-state index contributed by atoms with van der Waals surface area (Å²) in [6, 6.07) is 9.71. The first-order valence-electron chi connectivity index (χ1n) is 6.11. The molecule has 0 unspecified atom stereocenters. The topological polar surface area (TPSA) is 54.0 Å². The summed E-state index contributed by atoms with van der Waals surface area (Å²) in [4.78, 5) is 16.4. The molecule has 2 aromatic rings. The fourth-order valence-corrected chi connectivity index (χ4v) is 2.17. The van der Waals surface area contributed by atoms with Crippen LogP contribution in [0.25, 0.3) is 10.8 Å². The first kappa shape index (κ1) is 13.7. The van der Waals surface area contributed by atoms with Gasteiger partial charge in [-0.1, -0.05) is 24.3 Å². The van der Waals surface area contributed by atoms with Crippen LogP contribution in [0.4, 0.5) is 5.82 Å². The highest BCUT2D eigenvalue weighted by molar-refractivity contribution is 7.98. The van der Waals surface area contributed by atoms with E-state index >= 15 is 0 Å². The van der Waals surface area contributed by atoms with Crippen molar-refractivity contribution in [3.8, 4) is 0 Å². The molecule has 1 aromatic carbocycles. The normalized spacial score (nSPS) is 10.4. The monoisotopic (exact) mass is 275 g/mol. The SMILES string of the molecule is CNc1nc(C(=O)NCCSC)cc2ccccc12. The second-order valence-corrected chi connectivity index (χ2v) is 5.06. The molecule has 19 heavy (non-hydrogen) atoms. The summed E-state index contributed by atoms with van der Waals surface area (Å²) in [5, 5.41) is 7.93. The van der Waals surface area contributed by atoms with Crippen molar-refractivity contribution >= 4 is 34.3 Å². The molecule has 0 aliphatic heterocycles. The van der Waals surface area contributed by atoms with Crippen molar-refractivity contribution in [2.45, 2.75) is 0 Å². The lowest BCUT2D eigenvalue weighted by atomic mass is 10.1. The van der Waals surface area contributed by atoms with Crippen LogP contribution in [0.2, 0.25) is 0 Å². The molecular formula is C14H17N3OS. The molecule has 5 heteroatoms. The van der Waals surface area contributed by atoms with Crippen LogP contribution >= 0.6 is 11.8 Å². The van der Waals surface area contributed by atoms with E-state index in [-0.39, 0.29) is 5.91 Å². The van der Waals surface area contributed by atoms with Gasteiger partial charge in [0.25, 0.3) is 5.91 Å². The van der Waals surface area contributed by atoms with Crippen molar-refractivity contribution in [2.24, 2.45) is 0 Å². The zero-order valence-electron chi connectivity index (χ0n) is 11.1. The highest BCUT2D eigenvalue weighted by Gasteiger charge is 2.10. The summed E-state index contributed by atoms with van der Waals surface area (Å²) >= 11 is 1.70. The Morgan fingerprint density at radius 2 is 2.16 bits per heavy atom. The van der Waals surface area contributed by atoms with Gasteiger partial charge in [0.05, 0.1) is 0 Å². The molecule has 0 radical (unpaired) electrons. The summed E-state index contributed by atoms with van der Waals surface area (Å²) in [5.74, 6) is 1.50.